The van der Waals surface area contributed by atoms with Crippen molar-refractivity contribution in [2.24, 2.45) is 0 Å². The largest absolute Gasteiger partial charge is 0.438 e. The number of nitrogen functional groups attached to an aromatic ring is 1. The normalized spacial score (nSPS) is 11.2. The van der Waals surface area contributed by atoms with Crippen LogP contribution < -0.4 is 15.2 Å². The van der Waals surface area contributed by atoms with Gasteiger partial charge in [-0.25, -0.2) is 18.1 Å². The predicted octanol–water partition coefficient (Wildman–Crippen LogP) is 4.87. The quantitative estimate of drug-likeness (QED) is 0.360. The molecule has 0 aliphatic heterocycles. The second-order valence-corrected chi connectivity index (χ2v) is 10.3. The van der Waals surface area contributed by atoms with Crippen molar-refractivity contribution in [1.82, 2.24) is 14.7 Å². The molecule has 9 heteroatoms. The van der Waals surface area contributed by atoms with Crippen LogP contribution in [0.15, 0.2) is 71.8 Å². The minimum Gasteiger partial charge on any atom is -0.438 e. The lowest BCUT2D eigenvalue weighted by Crippen LogP contribution is -2.31. The zero-order chi connectivity index (χ0) is 26.0. The molecule has 2 aromatic heterocycles. The SMILES string of the molecule is Cc1cc(C)c(Oc2nc(-c3ccc(C)nc3)ccc2C(=O)NS(=O)(=O)c2cccc(N)c2)c(C)c1. The molecule has 4 rings (SSSR count). The molecule has 0 unspecified atom stereocenters. The van der Waals surface area contributed by atoms with Crippen molar-refractivity contribution in [2.75, 3.05) is 5.73 Å². The third kappa shape index (κ3) is 5.36. The first-order valence-corrected chi connectivity index (χ1v) is 12.6. The summed E-state index contributed by atoms with van der Waals surface area (Å²) in [5.41, 5.74) is 10.8. The van der Waals surface area contributed by atoms with Gasteiger partial charge in [0.25, 0.3) is 15.9 Å². The molecule has 184 valence electrons. The lowest BCUT2D eigenvalue weighted by atomic mass is 10.1. The highest BCUT2D eigenvalue weighted by atomic mass is 32.2. The Morgan fingerprint density at radius 2 is 1.67 bits per heavy atom. The minimum atomic E-state index is -4.18. The van der Waals surface area contributed by atoms with Gasteiger partial charge in [-0.2, -0.15) is 0 Å². The van der Waals surface area contributed by atoms with E-state index in [1.54, 1.807) is 18.3 Å². The van der Waals surface area contributed by atoms with E-state index >= 15 is 0 Å². The van der Waals surface area contributed by atoms with Crippen LogP contribution in [0, 0.1) is 27.7 Å². The van der Waals surface area contributed by atoms with Gasteiger partial charge in [-0.1, -0.05) is 23.8 Å². The Bertz CT molecular complexity index is 1540. The maximum atomic E-state index is 13.2. The molecule has 0 spiro atoms. The Balaban J connectivity index is 1.77. The molecule has 0 fully saturated rings. The van der Waals surface area contributed by atoms with Crippen LogP contribution in [0.4, 0.5) is 5.69 Å². The third-order valence-corrected chi connectivity index (χ3v) is 6.84. The second-order valence-electron chi connectivity index (χ2n) is 8.57. The molecule has 0 aliphatic carbocycles. The fourth-order valence-electron chi connectivity index (χ4n) is 3.81. The summed E-state index contributed by atoms with van der Waals surface area (Å²) in [6.45, 7) is 7.65. The number of aryl methyl sites for hydroxylation is 4. The van der Waals surface area contributed by atoms with Gasteiger partial charge in [-0.3, -0.25) is 9.78 Å². The molecule has 36 heavy (non-hydrogen) atoms. The molecule has 3 N–H and O–H groups in total. The molecule has 2 heterocycles. The number of hydrogen-bond donors (Lipinski definition) is 2. The van der Waals surface area contributed by atoms with Gasteiger partial charge in [0.2, 0.25) is 5.88 Å². The topological polar surface area (TPSA) is 124 Å². The van der Waals surface area contributed by atoms with Crippen LogP contribution in [0.2, 0.25) is 0 Å². The first-order valence-electron chi connectivity index (χ1n) is 11.2. The Kier molecular flexibility index (Phi) is 6.76. The van der Waals surface area contributed by atoms with E-state index in [0.717, 1.165) is 27.9 Å². The molecule has 0 atom stereocenters. The molecular formula is C27H26N4O4S. The summed E-state index contributed by atoms with van der Waals surface area (Å²) in [7, 11) is -4.18. The molecule has 0 bridgehead atoms. The van der Waals surface area contributed by atoms with E-state index in [9.17, 15) is 13.2 Å². The van der Waals surface area contributed by atoms with Crippen molar-refractivity contribution in [2.45, 2.75) is 32.6 Å². The summed E-state index contributed by atoms with van der Waals surface area (Å²) in [5.74, 6) is -0.362. The zero-order valence-corrected chi connectivity index (χ0v) is 21.2. The number of benzene rings is 2. The van der Waals surface area contributed by atoms with E-state index in [1.165, 1.54) is 24.3 Å². The van der Waals surface area contributed by atoms with Gasteiger partial charge in [0.05, 0.1) is 10.6 Å². The highest BCUT2D eigenvalue weighted by Gasteiger charge is 2.24. The van der Waals surface area contributed by atoms with Crippen LogP contribution in [-0.2, 0) is 10.0 Å². The predicted molar refractivity (Wildman–Crippen MR) is 138 cm³/mol. The molecule has 4 aromatic rings. The number of pyridine rings is 2. The highest BCUT2D eigenvalue weighted by molar-refractivity contribution is 7.90. The van der Waals surface area contributed by atoms with E-state index in [1.807, 2.05) is 52.0 Å². The first kappa shape index (κ1) is 24.9. The number of sulfonamides is 1. The molecule has 0 saturated heterocycles. The van der Waals surface area contributed by atoms with E-state index in [4.69, 9.17) is 10.5 Å². The van der Waals surface area contributed by atoms with Crippen molar-refractivity contribution in [3.63, 3.8) is 0 Å². The van der Waals surface area contributed by atoms with E-state index in [0.29, 0.717) is 11.4 Å². The molecule has 0 saturated carbocycles. The van der Waals surface area contributed by atoms with Gasteiger partial charge in [-0.15, -0.1) is 0 Å². The number of carbonyl (C=O) groups excluding carboxylic acids is 1. The molecular weight excluding hydrogens is 476 g/mol. The van der Waals surface area contributed by atoms with Gasteiger partial charge in [0.1, 0.15) is 11.3 Å². The molecule has 0 radical (unpaired) electrons. The standard InChI is InChI=1S/C27H26N4O4S/c1-16-12-17(2)25(18(3)13-16)35-27-23(10-11-24(30-27)20-9-8-19(4)29-15-20)26(32)31-36(33,34)22-7-5-6-21(28)14-22/h5-15H,28H2,1-4H3,(H,31,32). The number of aromatic nitrogens is 2. The molecule has 8 nitrogen and oxygen atoms in total. The fourth-order valence-corrected chi connectivity index (χ4v) is 4.83. The average Bonchev–Trinajstić information content (AvgIpc) is 2.81. The summed E-state index contributed by atoms with van der Waals surface area (Å²) >= 11 is 0. The molecule has 0 aliphatic rings. The average molecular weight is 503 g/mol. The van der Waals surface area contributed by atoms with Gasteiger partial charge < -0.3 is 10.5 Å². The Morgan fingerprint density at radius 1 is 0.944 bits per heavy atom. The number of nitrogens with one attached hydrogen (secondary N) is 1. The van der Waals surface area contributed by atoms with Crippen molar-refractivity contribution >= 4 is 21.6 Å². The lowest BCUT2D eigenvalue weighted by Gasteiger charge is -2.16. The fraction of sp³-hybridized carbons (Fsp3) is 0.148. The van der Waals surface area contributed by atoms with Crippen LogP contribution in [0.1, 0.15) is 32.7 Å². The highest BCUT2D eigenvalue weighted by Crippen LogP contribution is 2.32. The van der Waals surface area contributed by atoms with Crippen molar-refractivity contribution in [3.8, 4) is 22.9 Å². The Hall–Kier alpha value is -4.24. The Morgan fingerprint density at radius 3 is 2.31 bits per heavy atom. The maximum Gasteiger partial charge on any atom is 0.270 e. The number of hydrogen-bond acceptors (Lipinski definition) is 7. The summed E-state index contributed by atoms with van der Waals surface area (Å²) in [6.07, 6.45) is 1.67. The molecule has 1 amide bonds. The van der Waals surface area contributed by atoms with Crippen LogP contribution in [0.3, 0.4) is 0 Å². The van der Waals surface area contributed by atoms with Gasteiger partial charge >= 0.3 is 0 Å². The summed E-state index contributed by atoms with van der Waals surface area (Å²) in [6, 6.07) is 16.4. The van der Waals surface area contributed by atoms with Crippen LogP contribution >= 0.6 is 0 Å². The van der Waals surface area contributed by atoms with Crippen molar-refractivity contribution in [1.29, 1.82) is 0 Å². The van der Waals surface area contributed by atoms with Gasteiger partial charge in [0.15, 0.2) is 0 Å². The van der Waals surface area contributed by atoms with Gasteiger partial charge in [0, 0.05) is 23.1 Å². The number of nitrogens with two attached hydrogens (primary N) is 1. The number of nitrogens with zero attached hydrogens (tertiary/aromatic N) is 2. The van der Waals surface area contributed by atoms with Crippen molar-refractivity contribution in [3.05, 3.63) is 94.8 Å². The maximum absolute atomic E-state index is 13.2. The van der Waals surface area contributed by atoms with Gasteiger partial charge in [-0.05, 0) is 81.3 Å². The minimum absolute atomic E-state index is 0.0246. The van der Waals surface area contributed by atoms with Crippen LogP contribution in [-0.4, -0.2) is 24.3 Å². The smallest absolute Gasteiger partial charge is 0.270 e. The van der Waals surface area contributed by atoms with E-state index in [-0.39, 0.29) is 22.0 Å². The van der Waals surface area contributed by atoms with Crippen LogP contribution in [0.5, 0.6) is 11.6 Å². The van der Waals surface area contributed by atoms with Crippen molar-refractivity contribution < 1.29 is 17.9 Å². The monoisotopic (exact) mass is 502 g/mol. The van der Waals surface area contributed by atoms with Crippen LogP contribution in [0.25, 0.3) is 11.3 Å². The summed E-state index contributed by atoms with van der Waals surface area (Å²) in [5, 5.41) is 0. The van der Waals surface area contributed by atoms with E-state index < -0.39 is 15.9 Å². The number of rotatable bonds is 6. The van der Waals surface area contributed by atoms with E-state index in [2.05, 4.69) is 14.7 Å². The second kappa shape index (κ2) is 9.79. The number of ether oxygens (including phenoxy) is 1. The summed E-state index contributed by atoms with van der Waals surface area (Å²) in [4.78, 5) is 21.9. The number of anilines is 1. The zero-order valence-electron chi connectivity index (χ0n) is 20.4. The Labute approximate surface area is 210 Å². The first-order chi connectivity index (χ1) is 17.0. The number of carbonyl (C=O) groups is 1. The summed E-state index contributed by atoms with van der Waals surface area (Å²) < 4.78 is 34.0. The third-order valence-electron chi connectivity index (χ3n) is 5.51. The number of amides is 1. The lowest BCUT2D eigenvalue weighted by molar-refractivity contribution is 0.0978. The molecule has 2 aromatic carbocycles.